The van der Waals surface area contributed by atoms with E-state index in [2.05, 4.69) is 0 Å². The highest BCUT2D eigenvalue weighted by molar-refractivity contribution is 5.76. The minimum Gasteiger partial charge on any atom is -0.464 e. The zero-order valence-electron chi connectivity index (χ0n) is 12.5. The van der Waals surface area contributed by atoms with Crippen molar-refractivity contribution in [1.29, 1.82) is 0 Å². The first kappa shape index (κ1) is 16.9. The van der Waals surface area contributed by atoms with Crippen molar-refractivity contribution in [2.75, 3.05) is 33.0 Å². The lowest BCUT2D eigenvalue weighted by Crippen LogP contribution is -2.27. The molecule has 0 spiro atoms. The van der Waals surface area contributed by atoms with Gasteiger partial charge in [0.2, 0.25) is 0 Å². The average molecular weight is 288 g/mol. The molecule has 0 aromatic rings. The molecule has 6 nitrogen and oxygen atoms in total. The molecule has 0 aromatic heterocycles. The first-order valence-corrected chi connectivity index (χ1v) is 7.00. The Kier molecular flexibility index (Phi) is 6.95. The normalized spacial score (nSPS) is 18.9. The average Bonchev–Trinajstić information content (AvgIpc) is 2.83. The van der Waals surface area contributed by atoms with E-state index in [0.717, 1.165) is 6.42 Å². The van der Waals surface area contributed by atoms with Crippen LogP contribution in [0.3, 0.4) is 0 Å². The monoisotopic (exact) mass is 288 g/mol. The first-order chi connectivity index (χ1) is 9.47. The highest BCUT2D eigenvalue weighted by atomic mass is 16.6. The Hall–Kier alpha value is -1.14. The van der Waals surface area contributed by atoms with E-state index in [1.54, 1.807) is 0 Å². The molecular formula is C14H24O6. The summed E-state index contributed by atoms with van der Waals surface area (Å²) in [6.45, 7) is 7.32. The predicted molar refractivity (Wildman–Crippen MR) is 71.2 cm³/mol. The molecule has 0 amide bonds. The Bertz CT molecular complexity index is 326. The first-order valence-electron chi connectivity index (χ1n) is 7.00. The lowest BCUT2D eigenvalue weighted by molar-refractivity contribution is -0.156. The Morgan fingerprint density at radius 2 is 2.00 bits per heavy atom. The third-order valence-corrected chi connectivity index (χ3v) is 3.33. The third kappa shape index (κ3) is 5.46. The van der Waals surface area contributed by atoms with E-state index in [4.69, 9.17) is 18.9 Å². The number of hydrogen-bond acceptors (Lipinski definition) is 6. The van der Waals surface area contributed by atoms with Crippen LogP contribution in [0.15, 0.2) is 0 Å². The second kappa shape index (κ2) is 8.21. The minimum absolute atomic E-state index is 0.214. The van der Waals surface area contributed by atoms with Gasteiger partial charge in [0.05, 0.1) is 31.8 Å². The summed E-state index contributed by atoms with van der Waals surface area (Å²) in [4.78, 5) is 22.7. The van der Waals surface area contributed by atoms with Crippen LogP contribution in [0.4, 0.5) is 0 Å². The van der Waals surface area contributed by atoms with Gasteiger partial charge in [0, 0.05) is 6.42 Å². The molecule has 1 heterocycles. The molecule has 0 N–H and O–H groups in total. The molecule has 0 bridgehead atoms. The number of carbonyl (C=O) groups is 2. The summed E-state index contributed by atoms with van der Waals surface area (Å²) >= 11 is 0. The maximum Gasteiger partial charge on any atom is 0.335 e. The van der Waals surface area contributed by atoms with Crippen molar-refractivity contribution in [2.45, 2.75) is 39.7 Å². The largest absolute Gasteiger partial charge is 0.464 e. The van der Waals surface area contributed by atoms with E-state index in [9.17, 15) is 9.59 Å². The zero-order valence-corrected chi connectivity index (χ0v) is 12.5. The lowest BCUT2D eigenvalue weighted by atomic mass is 9.91. The van der Waals surface area contributed by atoms with Gasteiger partial charge in [0.15, 0.2) is 6.10 Å². The van der Waals surface area contributed by atoms with E-state index in [1.165, 1.54) is 0 Å². The molecule has 1 aliphatic rings. The van der Waals surface area contributed by atoms with Gasteiger partial charge in [-0.2, -0.15) is 0 Å². The summed E-state index contributed by atoms with van der Waals surface area (Å²) in [5, 5.41) is 0. The standard InChI is InChI=1S/C14H24O6/c1-4-14(2,3)13(16)20-10-8-17-7-9-18-11-5-6-19-12(11)15/h11H,4-10H2,1-3H3. The molecule has 1 atom stereocenters. The van der Waals surface area contributed by atoms with Gasteiger partial charge in [-0.15, -0.1) is 0 Å². The van der Waals surface area contributed by atoms with E-state index >= 15 is 0 Å². The number of ether oxygens (including phenoxy) is 4. The summed E-state index contributed by atoms with van der Waals surface area (Å²) in [5.74, 6) is -0.519. The molecule has 1 saturated heterocycles. The number of esters is 2. The van der Waals surface area contributed by atoms with Crippen LogP contribution in [0.2, 0.25) is 0 Å². The van der Waals surface area contributed by atoms with Crippen molar-refractivity contribution in [3.8, 4) is 0 Å². The number of carbonyl (C=O) groups excluding carboxylic acids is 2. The van der Waals surface area contributed by atoms with Crippen molar-refractivity contribution in [2.24, 2.45) is 5.41 Å². The van der Waals surface area contributed by atoms with Crippen LogP contribution >= 0.6 is 0 Å². The quantitative estimate of drug-likeness (QED) is 0.470. The second-order valence-corrected chi connectivity index (χ2v) is 5.30. The fraction of sp³-hybridized carbons (Fsp3) is 0.857. The van der Waals surface area contributed by atoms with E-state index in [1.807, 2.05) is 20.8 Å². The predicted octanol–water partition coefficient (Wildman–Crippen LogP) is 1.31. The number of rotatable bonds is 9. The van der Waals surface area contributed by atoms with Gasteiger partial charge in [-0.1, -0.05) is 6.92 Å². The van der Waals surface area contributed by atoms with Crippen molar-refractivity contribution in [3.05, 3.63) is 0 Å². The molecule has 1 unspecified atom stereocenters. The highest BCUT2D eigenvalue weighted by Gasteiger charge is 2.27. The minimum atomic E-state index is -0.457. The summed E-state index contributed by atoms with van der Waals surface area (Å²) in [5.41, 5.74) is -0.452. The van der Waals surface area contributed by atoms with Gasteiger partial charge in [-0.3, -0.25) is 4.79 Å². The van der Waals surface area contributed by atoms with Crippen molar-refractivity contribution in [3.63, 3.8) is 0 Å². The fourth-order valence-electron chi connectivity index (χ4n) is 1.51. The SMILES string of the molecule is CCC(C)(C)C(=O)OCCOCCOC1CCOC1=O. The Morgan fingerprint density at radius 3 is 2.60 bits per heavy atom. The molecule has 0 aromatic carbocycles. The smallest absolute Gasteiger partial charge is 0.335 e. The van der Waals surface area contributed by atoms with Crippen LogP contribution in [0, 0.1) is 5.41 Å². The summed E-state index contributed by atoms with van der Waals surface area (Å²) in [7, 11) is 0. The fourth-order valence-corrected chi connectivity index (χ4v) is 1.51. The molecule has 6 heteroatoms. The lowest BCUT2D eigenvalue weighted by Gasteiger charge is -2.20. The molecule has 116 valence electrons. The van der Waals surface area contributed by atoms with Gasteiger partial charge >= 0.3 is 11.9 Å². The van der Waals surface area contributed by atoms with Gasteiger partial charge in [0.25, 0.3) is 0 Å². The van der Waals surface area contributed by atoms with Crippen molar-refractivity contribution >= 4 is 11.9 Å². The van der Waals surface area contributed by atoms with Gasteiger partial charge in [-0.25, -0.2) is 4.79 Å². The van der Waals surface area contributed by atoms with Crippen LogP contribution in [0.5, 0.6) is 0 Å². The van der Waals surface area contributed by atoms with Gasteiger partial charge in [-0.05, 0) is 20.3 Å². The van der Waals surface area contributed by atoms with Crippen LogP contribution in [-0.2, 0) is 28.5 Å². The number of hydrogen-bond donors (Lipinski definition) is 0. The second-order valence-electron chi connectivity index (χ2n) is 5.30. The Morgan fingerprint density at radius 1 is 1.30 bits per heavy atom. The molecule has 20 heavy (non-hydrogen) atoms. The summed E-state index contributed by atoms with van der Waals surface area (Å²) < 4.78 is 20.5. The van der Waals surface area contributed by atoms with E-state index in [0.29, 0.717) is 32.8 Å². The van der Waals surface area contributed by atoms with Crippen molar-refractivity contribution in [1.82, 2.24) is 0 Å². The molecule has 1 rings (SSSR count). The van der Waals surface area contributed by atoms with Crippen LogP contribution in [-0.4, -0.2) is 51.1 Å². The maximum atomic E-state index is 11.6. The molecule has 1 fully saturated rings. The number of cyclic esters (lactones) is 1. The molecule has 1 aliphatic heterocycles. The molecule has 0 saturated carbocycles. The third-order valence-electron chi connectivity index (χ3n) is 3.33. The zero-order chi connectivity index (χ0) is 15.0. The van der Waals surface area contributed by atoms with Crippen LogP contribution in [0.1, 0.15) is 33.6 Å². The summed E-state index contributed by atoms with van der Waals surface area (Å²) in [6, 6.07) is 0. The molecule has 0 aliphatic carbocycles. The topological polar surface area (TPSA) is 71.1 Å². The maximum absolute atomic E-state index is 11.6. The van der Waals surface area contributed by atoms with Gasteiger partial charge < -0.3 is 18.9 Å². The van der Waals surface area contributed by atoms with E-state index < -0.39 is 11.5 Å². The van der Waals surface area contributed by atoms with Crippen LogP contribution < -0.4 is 0 Å². The summed E-state index contributed by atoms with van der Waals surface area (Å²) in [6.07, 6.45) is 0.877. The van der Waals surface area contributed by atoms with E-state index in [-0.39, 0.29) is 18.5 Å². The van der Waals surface area contributed by atoms with Gasteiger partial charge in [0.1, 0.15) is 6.61 Å². The van der Waals surface area contributed by atoms with Crippen LogP contribution in [0.25, 0.3) is 0 Å². The molecular weight excluding hydrogens is 264 g/mol. The Balaban J connectivity index is 1.97. The highest BCUT2D eigenvalue weighted by Crippen LogP contribution is 2.21. The molecule has 0 radical (unpaired) electrons. The Labute approximate surface area is 119 Å². The van der Waals surface area contributed by atoms with Crippen molar-refractivity contribution < 1.29 is 28.5 Å².